The number of carbonyl (C=O) groups is 1. The van der Waals surface area contributed by atoms with Crippen LogP contribution in [0.5, 0.6) is 23.0 Å². The molecule has 0 bridgehead atoms. The Morgan fingerprint density at radius 1 is 0.526 bits per heavy atom. The average molecular weight is 501 g/mol. The highest BCUT2D eigenvalue weighted by Gasteiger charge is 2.18. The molecular formula is C29H20N6O3. The molecule has 0 aliphatic rings. The smallest absolute Gasteiger partial charge is 0.236 e. The van der Waals surface area contributed by atoms with Crippen molar-refractivity contribution < 1.29 is 14.3 Å². The Bertz CT molecular complexity index is 1570. The van der Waals surface area contributed by atoms with Gasteiger partial charge >= 0.3 is 0 Å². The number of carbonyl (C=O) groups excluding carboxylic acids is 1. The van der Waals surface area contributed by atoms with Gasteiger partial charge in [0.2, 0.25) is 5.78 Å². The normalized spacial score (nSPS) is 10.7. The lowest BCUT2D eigenvalue weighted by molar-refractivity contribution is 0.102. The Kier molecular flexibility index (Phi) is 6.13. The Labute approximate surface area is 217 Å². The van der Waals surface area contributed by atoms with E-state index >= 15 is 0 Å². The molecule has 2 heterocycles. The Hall–Kier alpha value is -5.57. The number of ether oxygens (including phenoxy) is 2. The molecule has 0 saturated carbocycles. The summed E-state index contributed by atoms with van der Waals surface area (Å²) in [7, 11) is 0. The molecule has 9 nitrogen and oxygen atoms in total. The summed E-state index contributed by atoms with van der Waals surface area (Å²) in [4.78, 5) is 13.1. The summed E-state index contributed by atoms with van der Waals surface area (Å²) in [5.74, 6) is 2.33. The zero-order valence-electron chi connectivity index (χ0n) is 20.0. The van der Waals surface area contributed by atoms with E-state index in [1.54, 1.807) is 12.4 Å². The first-order valence-corrected chi connectivity index (χ1v) is 11.8. The second kappa shape index (κ2) is 10.2. The van der Waals surface area contributed by atoms with Crippen LogP contribution in [0.3, 0.4) is 0 Å². The summed E-state index contributed by atoms with van der Waals surface area (Å²) in [6.07, 6.45) is 3.11. The molecule has 0 radical (unpaired) electrons. The first kappa shape index (κ1) is 22.9. The van der Waals surface area contributed by atoms with Gasteiger partial charge in [0.1, 0.15) is 23.0 Å². The summed E-state index contributed by atoms with van der Waals surface area (Å²) >= 11 is 0. The Morgan fingerprint density at radius 3 is 1.39 bits per heavy atom. The summed E-state index contributed by atoms with van der Waals surface area (Å²) in [5, 5.41) is 16.3. The summed E-state index contributed by atoms with van der Waals surface area (Å²) in [6.45, 7) is 0. The van der Waals surface area contributed by atoms with Gasteiger partial charge in [-0.2, -0.15) is 0 Å². The molecule has 0 fully saturated rings. The maximum atomic E-state index is 13.1. The van der Waals surface area contributed by atoms with E-state index in [-0.39, 0.29) is 11.4 Å². The third-order valence-electron chi connectivity index (χ3n) is 5.57. The number of hydrogen-bond donors (Lipinski definition) is 0. The standard InChI is InChI=1S/C29H20N6O3/c36-29(27-19-34(32-30-27)21-9-7-15-25(17-21)37-23-11-3-1-4-12-23)28-20-35(33-31-28)22-10-8-16-26(18-22)38-24-13-5-2-6-14-24/h1-20H. The molecule has 0 unspecified atom stereocenters. The zero-order valence-corrected chi connectivity index (χ0v) is 20.0. The second-order valence-corrected chi connectivity index (χ2v) is 8.25. The van der Waals surface area contributed by atoms with Crippen LogP contribution in [0.25, 0.3) is 11.4 Å². The van der Waals surface area contributed by atoms with Crippen molar-refractivity contribution in [3.63, 3.8) is 0 Å². The minimum absolute atomic E-state index is 0.146. The van der Waals surface area contributed by atoms with Crippen LogP contribution in [0, 0.1) is 0 Å². The quantitative estimate of drug-likeness (QED) is 0.249. The van der Waals surface area contributed by atoms with Gasteiger partial charge in [0, 0.05) is 12.1 Å². The number of benzene rings is 4. The van der Waals surface area contributed by atoms with Gasteiger partial charge in [0.15, 0.2) is 11.4 Å². The van der Waals surface area contributed by atoms with E-state index in [4.69, 9.17) is 9.47 Å². The maximum Gasteiger partial charge on any atom is 0.236 e. The summed E-state index contributed by atoms with van der Waals surface area (Å²) in [6, 6.07) is 33.7. The van der Waals surface area contributed by atoms with Gasteiger partial charge in [0.25, 0.3) is 0 Å². The van der Waals surface area contributed by atoms with Gasteiger partial charge in [-0.25, -0.2) is 9.36 Å². The molecule has 4 aromatic carbocycles. The van der Waals surface area contributed by atoms with Gasteiger partial charge in [-0.05, 0) is 48.5 Å². The van der Waals surface area contributed by atoms with Gasteiger partial charge in [-0.3, -0.25) is 4.79 Å². The van der Waals surface area contributed by atoms with E-state index in [2.05, 4.69) is 20.6 Å². The molecule has 184 valence electrons. The van der Waals surface area contributed by atoms with Crippen LogP contribution in [0.4, 0.5) is 0 Å². The third kappa shape index (κ3) is 5.02. The molecule has 0 aliphatic heterocycles. The number of rotatable bonds is 8. The molecule has 6 rings (SSSR count). The molecule has 0 amide bonds. The Morgan fingerprint density at radius 2 is 0.947 bits per heavy atom. The van der Waals surface area contributed by atoms with E-state index in [1.165, 1.54) is 9.36 Å². The number of hydrogen-bond acceptors (Lipinski definition) is 7. The van der Waals surface area contributed by atoms with Crippen molar-refractivity contribution in [3.05, 3.63) is 133 Å². The van der Waals surface area contributed by atoms with Crippen LogP contribution in [0.15, 0.2) is 122 Å². The van der Waals surface area contributed by atoms with E-state index < -0.39 is 5.78 Å². The first-order chi connectivity index (χ1) is 18.7. The molecule has 0 saturated heterocycles. The van der Waals surface area contributed by atoms with Gasteiger partial charge in [-0.15, -0.1) is 10.2 Å². The van der Waals surface area contributed by atoms with Crippen LogP contribution < -0.4 is 9.47 Å². The van der Waals surface area contributed by atoms with E-state index in [0.717, 1.165) is 11.5 Å². The lowest BCUT2D eigenvalue weighted by atomic mass is 10.2. The fourth-order valence-electron chi connectivity index (χ4n) is 3.75. The van der Waals surface area contributed by atoms with Crippen LogP contribution in [-0.2, 0) is 0 Å². The molecule has 0 N–H and O–H groups in total. The van der Waals surface area contributed by atoms with E-state index in [0.29, 0.717) is 22.9 Å². The molecule has 2 aromatic heterocycles. The highest BCUT2D eigenvalue weighted by atomic mass is 16.5. The van der Waals surface area contributed by atoms with Crippen LogP contribution in [0.2, 0.25) is 0 Å². The van der Waals surface area contributed by atoms with Crippen molar-refractivity contribution in [3.8, 4) is 34.4 Å². The average Bonchev–Trinajstić information content (AvgIpc) is 3.65. The number of para-hydroxylation sites is 2. The Balaban J connectivity index is 1.18. The molecular weight excluding hydrogens is 480 g/mol. The largest absolute Gasteiger partial charge is 0.457 e. The fraction of sp³-hybridized carbons (Fsp3) is 0. The topological polar surface area (TPSA) is 97.0 Å². The number of nitrogens with zero attached hydrogens (tertiary/aromatic N) is 6. The van der Waals surface area contributed by atoms with Gasteiger partial charge < -0.3 is 9.47 Å². The highest BCUT2D eigenvalue weighted by Crippen LogP contribution is 2.24. The molecule has 0 aliphatic carbocycles. The third-order valence-corrected chi connectivity index (χ3v) is 5.57. The number of aromatic nitrogens is 6. The predicted octanol–water partition coefficient (Wildman–Crippen LogP) is 5.66. The molecule has 0 spiro atoms. The molecule has 0 atom stereocenters. The second-order valence-electron chi connectivity index (χ2n) is 8.25. The van der Waals surface area contributed by atoms with Crippen molar-refractivity contribution in [2.45, 2.75) is 0 Å². The van der Waals surface area contributed by atoms with Crippen LogP contribution in [0.1, 0.15) is 16.2 Å². The SMILES string of the molecule is O=C(c1cn(-c2cccc(Oc3ccccc3)c2)nn1)c1cn(-c2cccc(Oc3ccccc3)c2)nn1. The van der Waals surface area contributed by atoms with Crippen LogP contribution >= 0.6 is 0 Å². The molecule has 6 aromatic rings. The minimum atomic E-state index is -0.393. The van der Waals surface area contributed by atoms with Crippen LogP contribution in [-0.4, -0.2) is 35.8 Å². The van der Waals surface area contributed by atoms with E-state index in [1.807, 2.05) is 109 Å². The lowest BCUT2D eigenvalue weighted by Crippen LogP contribution is -2.02. The lowest BCUT2D eigenvalue weighted by Gasteiger charge is -2.07. The summed E-state index contributed by atoms with van der Waals surface area (Å²) < 4.78 is 14.8. The fourth-order valence-corrected chi connectivity index (χ4v) is 3.75. The van der Waals surface area contributed by atoms with Crippen molar-refractivity contribution in [2.75, 3.05) is 0 Å². The minimum Gasteiger partial charge on any atom is -0.457 e. The first-order valence-electron chi connectivity index (χ1n) is 11.8. The van der Waals surface area contributed by atoms with Crippen molar-refractivity contribution >= 4 is 5.78 Å². The zero-order chi connectivity index (χ0) is 25.7. The monoisotopic (exact) mass is 500 g/mol. The number of ketones is 1. The van der Waals surface area contributed by atoms with Crippen molar-refractivity contribution in [1.29, 1.82) is 0 Å². The predicted molar refractivity (Wildman–Crippen MR) is 139 cm³/mol. The van der Waals surface area contributed by atoms with Crippen molar-refractivity contribution in [1.82, 2.24) is 30.0 Å². The molecule has 38 heavy (non-hydrogen) atoms. The van der Waals surface area contributed by atoms with Gasteiger partial charge in [0.05, 0.1) is 23.8 Å². The van der Waals surface area contributed by atoms with E-state index in [9.17, 15) is 4.79 Å². The molecule has 9 heteroatoms. The van der Waals surface area contributed by atoms with Gasteiger partial charge in [-0.1, -0.05) is 59.0 Å². The summed E-state index contributed by atoms with van der Waals surface area (Å²) in [5.41, 5.74) is 1.69. The maximum absolute atomic E-state index is 13.1. The highest BCUT2D eigenvalue weighted by molar-refractivity contribution is 6.05. The van der Waals surface area contributed by atoms with Crippen molar-refractivity contribution in [2.24, 2.45) is 0 Å².